The highest BCUT2D eigenvalue weighted by Gasteiger charge is 2.01. The Kier molecular flexibility index (Phi) is 5.83. The molecule has 0 unspecified atom stereocenters. The summed E-state index contributed by atoms with van der Waals surface area (Å²) >= 11 is 0. The summed E-state index contributed by atoms with van der Waals surface area (Å²) < 4.78 is 5.12. The van der Waals surface area contributed by atoms with Crippen LogP contribution in [0.15, 0.2) is 48.5 Å². The second kappa shape index (κ2) is 8.08. The van der Waals surface area contributed by atoms with E-state index in [0.29, 0.717) is 6.54 Å². The van der Waals surface area contributed by atoms with Crippen molar-refractivity contribution in [2.75, 3.05) is 25.5 Å². The third-order valence-corrected chi connectivity index (χ3v) is 3.40. The van der Waals surface area contributed by atoms with E-state index in [4.69, 9.17) is 4.74 Å². The van der Waals surface area contributed by atoms with Crippen LogP contribution in [0.4, 0.5) is 5.69 Å². The molecule has 2 aromatic rings. The number of hydrogen-bond acceptors (Lipinski definition) is 3. The largest absolute Gasteiger partial charge is 0.497 e. The molecule has 0 heterocycles. The lowest BCUT2D eigenvalue weighted by Crippen LogP contribution is -2.31. The first-order valence-electron chi connectivity index (χ1n) is 7.37. The lowest BCUT2D eigenvalue weighted by molar-refractivity contribution is -0.119. The maximum absolute atomic E-state index is 11.8. The van der Waals surface area contributed by atoms with Crippen molar-refractivity contribution < 1.29 is 9.53 Å². The molecular formula is C18H22N2O2. The number of carbonyl (C=O) groups excluding carboxylic acids is 1. The Bertz CT molecular complexity index is 591. The zero-order valence-electron chi connectivity index (χ0n) is 13.1. The van der Waals surface area contributed by atoms with Crippen LogP contribution in [0.2, 0.25) is 0 Å². The predicted octanol–water partition coefficient (Wildman–Crippen LogP) is 2.77. The molecule has 116 valence electrons. The van der Waals surface area contributed by atoms with Gasteiger partial charge in [-0.2, -0.15) is 0 Å². The van der Waals surface area contributed by atoms with E-state index in [1.165, 1.54) is 11.1 Å². The van der Waals surface area contributed by atoms with Crippen molar-refractivity contribution in [2.45, 2.75) is 13.3 Å². The first kappa shape index (κ1) is 15.9. The molecule has 0 fully saturated rings. The van der Waals surface area contributed by atoms with Gasteiger partial charge in [0.25, 0.3) is 0 Å². The van der Waals surface area contributed by atoms with Gasteiger partial charge in [0.2, 0.25) is 5.91 Å². The van der Waals surface area contributed by atoms with Crippen molar-refractivity contribution in [3.8, 4) is 5.75 Å². The summed E-state index contributed by atoms with van der Waals surface area (Å²) in [6, 6.07) is 15.9. The Labute approximate surface area is 131 Å². The summed E-state index contributed by atoms with van der Waals surface area (Å²) in [5.74, 6) is 0.837. The Morgan fingerprint density at radius 3 is 2.36 bits per heavy atom. The fourth-order valence-electron chi connectivity index (χ4n) is 2.05. The summed E-state index contributed by atoms with van der Waals surface area (Å²) in [6.45, 7) is 2.95. The van der Waals surface area contributed by atoms with Crippen LogP contribution >= 0.6 is 0 Å². The van der Waals surface area contributed by atoms with Gasteiger partial charge in [0.15, 0.2) is 0 Å². The molecule has 0 aliphatic carbocycles. The lowest BCUT2D eigenvalue weighted by atomic mass is 10.1. The molecule has 0 aliphatic heterocycles. The number of amides is 1. The Morgan fingerprint density at radius 2 is 1.73 bits per heavy atom. The molecule has 2 N–H and O–H groups in total. The molecule has 0 spiro atoms. The Balaban J connectivity index is 1.67. The fourth-order valence-corrected chi connectivity index (χ4v) is 2.05. The van der Waals surface area contributed by atoms with Gasteiger partial charge in [-0.3, -0.25) is 4.79 Å². The highest BCUT2D eigenvalue weighted by molar-refractivity contribution is 5.80. The quantitative estimate of drug-likeness (QED) is 0.826. The van der Waals surface area contributed by atoms with Gasteiger partial charge in [0, 0.05) is 12.2 Å². The number of ether oxygens (including phenoxy) is 1. The van der Waals surface area contributed by atoms with E-state index in [9.17, 15) is 4.79 Å². The van der Waals surface area contributed by atoms with Crippen molar-refractivity contribution in [3.05, 3.63) is 59.7 Å². The molecule has 2 aromatic carbocycles. The van der Waals surface area contributed by atoms with Crippen molar-refractivity contribution in [3.63, 3.8) is 0 Å². The van der Waals surface area contributed by atoms with Crippen LogP contribution in [-0.2, 0) is 11.2 Å². The second-order valence-electron chi connectivity index (χ2n) is 5.17. The third-order valence-electron chi connectivity index (χ3n) is 3.40. The molecule has 0 atom stereocenters. The molecule has 4 nitrogen and oxygen atoms in total. The van der Waals surface area contributed by atoms with Crippen molar-refractivity contribution >= 4 is 11.6 Å². The molecule has 0 aliphatic rings. The summed E-state index contributed by atoms with van der Waals surface area (Å²) in [4.78, 5) is 11.8. The van der Waals surface area contributed by atoms with Gasteiger partial charge in [-0.1, -0.05) is 29.8 Å². The van der Waals surface area contributed by atoms with E-state index in [1.807, 2.05) is 55.5 Å². The van der Waals surface area contributed by atoms with Crippen LogP contribution in [0, 0.1) is 6.92 Å². The van der Waals surface area contributed by atoms with Crippen LogP contribution in [0.25, 0.3) is 0 Å². The van der Waals surface area contributed by atoms with Crippen LogP contribution in [-0.4, -0.2) is 26.1 Å². The number of nitrogens with one attached hydrogen (secondary N) is 2. The highest BCUT2D eigenvalue weighted by atomic mass is 16.5. The van der Waals surface area contributed by atoms with E-state index < -0.39 is 0 Å². The summed E-state index contributed by atoms with van der Waals surface area (Å²) in [5, 5.41) is 6.02. The van der Waals surface area contributed by atoms with Gasteiger partial charge in [0.1, 0.15) is 5.75 Å². The maximum Gasteiger partial charge on any atom is 0.239 e. The fraction of sp³-hybridized carbons (Fsp3) is 0.278. The highest BCUT2D eigenvalue weighted by Crippen LogP contribution is 2.11. The summed E-state index contributed by atoms with van der Waals surface area (Å²) in [5.41, 5.74) is 3.33. The summed E-state index contributed by atoms with van der Waals surface area (Å²) in [6.07, 6.45) is 0.806. The van der Waals surface area contributed by atoms with Gasteiger partial charge in [-0.25, -0.2) is 0 Å². The van der Waals surface area contributed by atoms with E-state index in [-0.39, 0.29) is 12.5 Å². The molecule has 0 aromatic heterocycles. The number of hydrogen-bond donors (Lipinski definition) is 2. The Hall–Kier alpha value is -2.49. The first-order chi connectivity index (χ1) is 10.7. The molecular weight excluding hydrogens is 276 g/mol. The van der Waals surface area contributed by atoms with Gasteiger partial charge < -0.3 is 15.4 Å². The number of carbonyl (C=O) groups is 1. The monoisotopic (exact) mass is 298 g/mol. The molecule has 0 saturated carbocycles. The van der Waals surface area contributed by atoms with E-state index >= 15 is 0 Å². The molecule has 22 heavy (non-hydrogen) atoms. The normalized spacial score (nSPS) is 10.1. The minimum atomic E-state index is -0.00548. The number of aryl methyl sites for hydroxylation is 1. The smallest absolute Gasteiger partial charge is 0.239 e. The Morgan fingerprint density at radius 1 is 1.05 bits per heavy atom. The van der Waals surface area contributed by atoms with E-state index in [1.54, 1.807) is 7.11 Å². The topological polar surface area (TPSA) is 50.4 Å². The zero-order valence-corrected chi connectivity index (χ0v) is 13.1. The average molecular weight is 298 g/mol. The third kappa shape index (κ3) is 5.13. The number of benzene rings is 2. The van der Waals surface area contributed by atoms with Gasteiger partial charge in [0.05, 0.1) is 13.7 Å². The SMILES string of the molecule is COc1ccc(CCNC(=O)CNc2ccc(C)cc2)cc1. The van der Waals surface area contributed by atoms with Crippen molar-refractivity contribution in [1.29, 1.82) is 0 Å². The van der Waals surface area contributed by atoms with Crippen LogP contribution in [0.5, 0.6) is 5.75 Å². The van der Waals surface area contributed by atoms with Crippen molar-refractivity contribution in [1.82, 2.24) is 5.32 Å². The molecule has 0 bridgehead atoms. The van der Waals surface area contributed by atoms with Crippen LogP contribution < -0.4 is 15.4 Å². The van der Waals surface area contributed by atoms with Gasteiger partial charge in [-0.15, -0.1) is 0 Å². The molecule has 4 heteroatoms. The number of rotatable bonds is 7. The minimum Gasteiger partial charge on any atom is -0.497 e. The summed E-state index contributed by atoms with van der Waals surface area (Å²) in [7, 11) is 1.65. The maximum atomic E-state index is 11.8. The van der Waals surface area contributed by atoms with Crippen molar-refractivity contribution in [2.24, 2.45) is 0 Å². The first-order valence-corrected chi connectivity index (χ1v) is 7.37. The van der Waals surface area contributed by atoms with Gasteiger partial charge in [-0.05, 0) is 43.2 Å². The van der Waals surface area contributed by atoms with Crippen LogP contribution in [0.3, 0.4) is 0 Å². The zero-order chi connectivity index (χ0) is 15.8. The number of methoxy groups -OCH3 is 1. The molecule has 2 rings (SSSR count). The number of anilines is 1. The predicted molar refractivity (Wildman–Crippen MR) is 89.4 cm³/mol. The van der Waals surface area contributed by atoms with Crippen LogP contribution in [0.1, 0.15) is 11.1 Å². The second-order valence-corrected chi connectivity index (χ2v) is 5.17. The molecule has 0 radical (unpaired) electrons. The molecule has 0 saturated heterocycles. The van der Waals surface area contributed by atoms with Gasteiger partial charge >= 0.3 is 0 Å². The standard InChI is InChI=1S/C18H22N2O2/c1-14-3-7-16(8-4-14)20-13-18(21)19-12-11-15-5-9-17(22-2)10-6-15/h3-10,20H,11-13H2,1-2H3,(H,19,21). The average Bonchev–Trinajstić information content (AvgIpc) is 2.55. The lowest BCUT2D eigenvalue weighted by Gasteiger charge is -2.08. The minimum absolute atomic E-state index is 0.00548. The van der Waals surface area contributed by atoms with E-state index in [0.717, 1.165) is 17.9 Å². The van der Waals surface area contributed by atoms with E-state index in [2.05, 4.69) is 10.6 Å². The molecule has 1 amide bonds.